The van der Waals surface area contributed by atoms with E-state index in [0.29, 0.717) is 11.5 Å². The summed E-state index contributed by atoms with van der Waals surface area (Å²) >= 11 is 1.52. The van der Waals surface area contributed by atoms with E-state index in [1.54, 1.807) is 30.7 Å². The van der Waals surface area contributed by atoms with E-state index < -0.39 is 0 Å². The molecule has 5 nitrogen and oxygen atoms in total. The molecule has 0 aliphatic carbocycles. The fourth-order valence-electron chi connectivity index (χ4n) is 1.96. The molecule has 0 atom stereocenters. The Kier molecular flexibility index (Phi) is 2.40. The molecule has 0 fully saturated rings. The Morgan fingerprint density at radius 2 is 2.15 bits per heavy atom. The first-order valence-electron chi connectivity index (χ1n) is 5.81. The van der Waals surface area contributed by atoms with Crippen LogP contribution in [0.5, 0.6) is 0 Å². The van der Waals surface area contributed by atoms with Crippen LogP contribution < -0.4 is 0 Å². The minimum atomic E-state index is -0.377. The maximum absolute atomic E-state index is 13.7. The van der Waals surface area contributed by atoms with Crippen LogP contribution in [0.1, 0.15) is 0 Å². The molecule has 0 saturated heterocycles. The van der Waals surface area contributed by atoms with Gasteiger partial charge in [-0.05, 0) is 12.1 Å². The molecule has 7 heteroatoms. The van der Waals surface area contributed by atoms with Crippen LogP contribution in [0.15, 0.2) is 46.7 Å². The first-order valence-corrected chi connectivity index (χ1v) is 6.69. The van der Waals surface area contributed by atoms with Gasteiger partial charge in [0.25, 0.3) is 5.89 Å². The monoisotopic (exact) mass is 286 g/mol. The van der Waals surface area contributed by atoms with Crippen molar-refractivity contribution in [2.24, 2.45) is 0 Å². The Balaban J connectivity index is 1.83. The molecule has 0 unspecified atom stereocenters. The molecular weight excluding hydrogens is 279 g/mol. The Morgan fingerprint density at radius 1 is 1.25 bits per heavy atom. The minimum Gasteiger partial charge on any atom is -0.332 e. The molecule has 0 aliphatic heterocycles. The zero-order valence-corrected chi connectivity index (χ0v) is 10.8. The largest absolute Gasteiger partial charge is 0.332 e. The van der Waals surface area contributed by atoms with Crippen LogP contribution in [0, 0.1) is 5.82 Å². The lowest BCUT2D eigenvalue weighted by atomic mass is 10.2. The summed E-state index contributed by atoms with van der Waals surface area (Å²) in [6, 6.07) is 6.33. The third kappa shape index (κ3) is 1.64. The molecule has 20 heavy (non-hydrogen) atoms. The minimum absolute atomic E-state index is 0.234. The van der Waals surface area contributed by atoms with E-state index in [9.17, 15) is 4.39 Å². The highest BCUT2D eigenvalue weighted by atomic mass is 32.1. The van der Waals surface area contributed by atoms with Gasteiger partial charge in [-0.1, -0.05) is 17.3 Å². The van der Waals surface area contributed by atoms with Gasteiger partial charge in [0, 0.05) is 5.38 Å². The number of imidazole rings is 1. The number of nitrogens with zero attached hydrogens (tertiary/aromatic N) is 4. The molecule has 0 radical (unpaired) electrons. The van der Waals surface area contributed by atoms with E-state index >= 15 is 0 Å². The molecule has 4 rings (SSSR count). The third-order valence-electron chi connectivity index (χ3n) is 2.92. The number of rotatable bonds is 2. The average molecular weight is 286 g/mol. The van der Waals surface area contributed by atoms with E-state index in [2.05, 4.69) is 15.1 Å². The molecule has 1 aromatic carbocycles. The van der Waals surface area contributed by atoms with E-state index in [0.717, 1.165) is 10.5 Å². The Bertz CT molecular complexity index is 894. The predicted octanol–water partition coefficient (Wildman–Crippen LogP) is 3.25. The SMILES string of the molecule is Fc1ccccc1-c1noc(-c2csc3cncn23)n1. The normalized spacial score (nSPS) is 11.2. The van der Waals surface area contributed by atoms with Gasteiger partial charge in [0.05, 0.1) is 11.8 Å². The molecular formula is C13H7FN4OS. The zero-order chi connectivity index (χ0) is 13.5. The molecule has 0 saturated carbocycles. The summed E-state index contributed by atoms with van der Waals surface area (Å²) in [6.45, 7) is 0. The lowest BCUT2D eigenvalue weighted by Gasteiger charge is -1.94. The zero-order valence-electron chi connectivity index (χ0n) is 10.0. The van der Waals surface area contributed by atoms with E-state index in [1.807, 2.05) is 9.78 Å². The number of halogens is 1. The van der Waals surface area contributed by atoms with Crippen LogP contribution in [0.2, 0.25) is 0 Å². The number of hydrogen-bond acceptors (Lipinski definition) is 5. The van der Waals surface area contributed by atoms with Crippen molar-refractivity contribution in [3.63, 3.8) is 0 Å². The van der Waals surface area contributed by atoms with Gasteiger partial charge in [-0.15, -0.1) is 11.3 Å². The number of hydrogen-bond donors (Lipinski definition) is 0. The number of thiazole rings is 1. The van der Waals surface area contributed by atoms with Crippen molar-refractivity contribution < 1.29 is 8.91 Å². The Hall–Kier alpha value is -2.54. The van der Waals surface area contributed by atoms with Gasteiger partial charge in [-0.2, -0.15) is 4.98 Å². The molecule has 0 aliphatic rings. The summed E-state index contributed by atoms with van der Waals surface area (Å²) in [5.41, 5.74) is 1.07. The number of benzene rings is 1. The average Bonchev–Trinajstić information content (AvgIpc) is 3.14. The highest BCUT2D eigenvalue weighted by molar-refractivity contribution is 7.15. The number of fused-ring (bicyclic) bond motifs is 1. The van der Waals surface area contributed by atoms with E-state index in [-0.39, 0.29) is 11.6 Å². The second-order valence-corrected chi connectivity index (χ2v) is 5.02. The van der Waals surface area contributed by atoms with Gasteiger partial charge >= 0.3 is 0 Å². The van der Waals surface area contributed by atoms with Crippen LogP contribution in [0.4, 0.5) is 4.39 Å². The lowest BCUT2D eigenvalue weighted by Crippen LogP contribution is -1.87. The Morgan fingerprint density at radius 3 is 3.05 bits per heavy atom. The smallest absolute Gasteiger partial charge is 0.276 e. The third-order valence-corrected chi connectivity index (χ3v) is 3.80. The van der Waals surface area contributed by atoms with E-state index in [4.69, 9.17) is 4.52 Å². The van der Waals surface area contributed by atoms with Gasteiger partial charge in [0.2, 0.25) is 5.82 Å². The topological polar surface area (TPSA) is 56.2 Å². The molecule has 98 valence electrons. The molecule has 0 amide bonds. The summed E-state index contributed by atoms with van der Waals surface area (Å²) in [5, 5.41) is 5.74. The summed E-state index contributed by atoms with van der Waals surface area (Å²) < 4.78 is 20.8. The van der Waals surface area contributed by atoms with Crippen LogP contribution in [0.25, 0.3) is 27.8 Å². The van der Waals surface area contributed by atoms with Crippen molar-refractivity contribution in [2.45, 2.75) is 0 Å². The standard InChI is InChI=1S/C13H7FN4OS/c14-9-4-2-1-3-8(9)12-16-13(19-17-12)10-6-20-11-5-15-7-18(10)11/h1-7H. The Labute approximate surface area is 116 Å². The van der Waals surface area contributed by atoms with Crippen LogP contribution in [-0.4, -0.2) is 19.5 Å². The maximum atomic E-state index is 13.7. The van der Waals surface area contributed by atoms with Gasteiger partial charge in [0.15, 0.2) is 0 Å². The predicted molar refractivity (Wildman–Crippen MR) is 71.8 cm³/mol. The lowest BCUT2D eigenvalue weighted by molar-refractivity contribution is 0.430. The van der Waals surface area contributed by atoms with Crippen molar-refractivity contribution in [3.8, 4) is 23.0 Å². The highest BCUT2D eigenvalue weighted by Gasteiger charge is 2.16. The fraction of sp³-hybridized carbons (Fsp3) is 0. The van der Waals surface area contributed by atoms with Crippen molar-refractivity contribution in [1.82, 2.24) is 19.5 Å². The van der Waals surface area contributed by atoms with Crippen LogP contribution >= 0.6 is 11.3 Å². The summed E-state index contributed by atoms with van der Waals surface area (Å²) in [4.78, 5) is 9.28. The van der Waals surface area contributed by atoms with Crippen molar-refractivity contribution in [3.05, 3.63) is 48.0 Å². The first kappa shape index (κ1) is 11.3. The molecule has 0 spiro atoms. The molecule has 3 heterocycles. The molecule has 3 aromatic heterocycles. The highest BCUT2D eigenvalue weighted by Crippen LogP contribution is 2.27. The summed E-state index contributed by atoms with van der Waals surface area (Å²) in [7, 11) is 0. The van der Waals surface area contributed by atoms with Gasteiger partial charge < -0.3 is 4.52 Å². The van der Waals surface area contributed by atoms with Gasteiger partial charge in [0.1, 0.15) is 22.7 Å². The molecule has 0 bridgehead atoms. The van der Waals surface area contributed by atoms with Gasteiger partial charge in [-0.25, -0.2) is 9.37 Å². The van der Waals surface area contributed by atoms with E-state index in [1.165, 1.54) is 17.4 Å². The van der Waals surface area contributed by atoms with Crippen molar-refractivity contribution in [2.75, 3.05) is 0 Å². The molecule has 0 N–H and O–H groups in total. The molecule has 4 aromatic rings. The summed E-state index contributed by atoms with van der Waals surface area (Å²) in [6.07, 6.45) is 3.43. The first-order chi connectivity index (χ1) is 9.83. The quantitative estimate of drug-likeness (QED) is 0.567. The maximum Gasteiger partial charge on any atom is 0.276 e. The van der Waals surface area contributed by atoms with Crippen molar-refractivity contribution in [1.29, 1.82) is 0 Å². The second-order valence-electron chi connectivity index (χ2n) is 4.13. The van der Waals surface area contributed by atoms with Crippen molar-refractivity contribution >= 4 is 16.2 Å². The van der Waals surface area contributed by atoms with Crippen LogP contribution in [0.3, 0.4) is 0 Å². The fourth-order valence-corrected chi connectivity index (χ4v) is 2.78. The van der Waals surface area contributed by atoms with Crippen LogP contribution in [-0.2, 0) is 0 Å². The van der Waals surface area contributed by atoms with Gasteiger partial charge in [-0.3, -0.25) is 4.40 Å². The number of aromatic nitrogens is 4. The summed E-state index contributed by atoms with van der Waals surface area (Å²) in [5.74, 6) is 0.197. The second kappa shape index (κ2) is 4.24.